The molecule has 5 nitrogen and oxygen atoms in total. The summed E-state index contributed by atoms with van der Waals surface area (Å²) in [6.07, 6.45) is 0.911. The lowest BCUT2D eigenvalue weighted by molar-refractivity contribution is 0.190. The molecule has 1 fully saturated rings. The van der Waals surface area contributed by atoms with Crippen LogP contribution in [0.2, 0.25) is 0 Å². The molecule has 0 amide bonds. The van der Waals surface area contributed by atoms with Gasteiger partial charge in [-0.15, -0.1) is 0 Å². The average molecular weight is 392 g/mol. The van der Waals surface area contributed by atoms with Crippen molar-refractivity contribution < 1.29 is 17.5 Å². The highest BCUT2D eigenvalue weighted by Gasteiger charge is 2.28. The minimum Gasteiger partial charge on any atom is -0.497 e. The molecule has 27 heavy (non-hydrogen) atoms. The van der Waals surface area contributed by atoms with E-state index in [-0.39, 0.29) is 4.90 Å². The quantitative estimate of drug-likeness (QED) is 0.759. The van der Waals surface area contributed by atoms with Gasteiger partial charge in [0.1, 0.15) is 11.6 Å². The minimum absolute atomic E-state index is 0.160. The minimum atomic E-state index is -3.57. The summed E-state index contributed by atoms with van der Waals surface area (Å²) in [6, 6.07) is 12.0. The van der Waals surface area contributed by atoms with Crippen molar-refractivity contribution in [2.45, 2.75) is 18.2 Å². The number of methoxy groups -OCH3 is 1. The lowest BCUT2D eigenvalue weighted by Gasteiger charge is -2.34. The zero-order chi connectivity index (χ0) is 19.4. The summed E-state index contributed by atoms with van der Waals surface area (Å²) in [5, 5.41) is 0. The van der Waals surface area contributed by atoms with Crippen LogP contribution in [-0.4, -0.2) is 57.5 Å². The van der Waals surface area contributed by atoms with Gasteiger partial charge in [-0.2, -0.15) is 4.31 Å². The second-order valence-electron chi connectivity index (χ2n) is 6.75. The smallest absolute Gasteiger partial charge is 0.243 e. The van der Waals surface area contributed by atoms with Crippen LogP contribution in [0.3, 0.4) is 0 Å². The van der Waals surface area contributed by atoms with Crippen molar-refractivity contribution in [3.63, 3.8) is 0 Å². The molecule has 2 aromatic rings. The third-order valence-corrected chi connectivity index (χ3v) is 6.87. The number of ether oxygens (including phenoxy) is 1. The molecule has 1 heterocycles. The fourth-order valence-corrected chi connectivity index (χ4v) is 4.71. The van der Waals surface area contributed by atoms with Crippen molar-refractivity contribution in [3.8, 4) is 5.75 Å². The molecule has 0 atom stereocenters. The normalized spacial score (nSPS) is 16.4. The molecule has 0 N–H and O–H groups in total. The number of nitrogens with zero attached hydrogens (tertiary/aromatic N) is 2. The third-order valence-electron chi connectivity index (χ3n) is 4.97. The van der Waals surface area contributed by atoms with Gasteiger partial charge in [-0.3, -0.25) is 0 Å². The monoisotopic (exact) mass is 392 g/mol. The van der Waals surface area contributed by atoms with Crippen molar-refractivity contribution >= 4 is 10.0 Å². The highest BCUT2D eigenvalue weighted by atomic mass is 32.2. The van der Waals surface area contributed by atoms with E-state index in [9.17, 15) is 12.8 Å². The van der Waals surface area contributed by atoms with Gasteiger partial charge in [0.25, 0.3) is 0 Å². The lowest BCUT2D eigenvalue weighted by atomic mass is 10.1. The Morgan fingerprint density at radius 2 is 1.70 bits per heavy atom. The molecule has 1 saturated heterocycles. The number of hydrogen-bond acceptors (Lipinski definition) is 4. The molecule has 0 bridgehead atoms. The van der Waals surface area contributed by atoms with E-state index in [0.29, 0.717) is 31.7 Å². The second-order valence-corrected chi connectivity index (χ2v) is 8.69. The van der Waals surface area contributed by atoms with Gasteiger partial charge in [0.05, 0.1) is 12.0 Å². The van der Waals surface area contributed by atoms with Crippen LogP contribution in [-0.2, 0) is 16.4 Å². The number of sulfonamides is 1. The highest BCUT2D eigenvalue weighted by molar-refractivity contribution is 7.89. The summed E-state index contributed by atoms with van der Waals surface area (Å²) in [5.74, 6) is 0.450. The van der Waals surface area contributed by atoms with Gasteiger partial charge >= 0.3 is 0 Å². The predicted molar refractivity (Wildman–Crippen MR) is 103 cm³/mol. The standard InChI is InChI=1S/C20H25FN2O3S/c1-16-15-19(7-8-20(16)21)27(24,25)23-13-11-22(12-14-23)10-9-17-3-5-18(26-2)6-4-17/h3-8,15H,9-14H2,1-2H3. The molecule has 146 valence electrons. The molecule has 0 aliphatic carbocycles. The van der Waals surface area contributed by atoms with E-state index in [2.05, 4.69) is 17.0 Å². The SMILES string of the molecule is COc1ccc(CCN2CCN(S(=O)(=O)c3ccc(F)c(C)c3)CC2)cc1. The Morgan fingerprint density at radius 1 is 1.04 bits per heavy atom. The number of benzene rings is 2. The molecular weight excluding hydrogens is 367 g/mol. The topological polar surface area (TPSA) is 49.9 Å². The molecular formula is C20H25FN2O3S. The molecule has 0 radical (unpaired) electrons. The van der Waals surface area contributed by atoms with Crippen molar-refractivity contribution in [2.75, 3.05) is 39.8 Å². The van der Waals surface area contributed by atoms with E-state index in [1.54, 1.807) is 14.0 Å². The van der Waals surface area contributed by atoms with Crippen molar-refractivity contribution in [2.24, 2.45) is 0 Å². The van der Waals surface area contributed by atoms with E-state index in [1.807, 2.05) is 12.1 Å². The Hall–Kier alpha value is -1.96. The van der Waals surface area contributed by atoms with Crippen LogP contribution >= 0.6 is 0 Å². The molecule has 3 rings (SSSR count). The van der Waals surface area contributed by atoms with E-state index < -0.39 is 15.8 Å². The van der Waals surface area contributed by atoms with Gasteiger partial charge in [-0.1, -0.05) is 12.1 Å². The largest absolute Gasteiger partial charge is 0.497 e. The second kappa shape index (κ2) is 8.37. The Bertz CT molecular complexity index is 877. The maximum Gasteiger partial charge on any atom is 0.243 e. The number of piperazine rings is 1. The molecule has 2 aromatic carbocycles. The molecule has 1 aliphatic rings. The maximum absolute atomic E-state index is 13.4. The first-order chi connectivity index (χ1) is 12.9. The first kappa shape index (κ1) is 19.8. The fraction of sp³-hybridized carbons (Fsp3) is 0.400. The molecule has 0 unspecified atom stereocenters. The molecule has 0 spiro atoms. The van der Waals surface area contributed by atoms with Crippen LogP contribution in [0.15, 0.2) is 47.4 Å². The number of rotatable bonds is 6. The Kier molecular flexibility index (Phi) is 6.14. The summed E-state index contributed by atoms with van der Waals surface area (Å²) in [4.78, 5) is 2.43. The fourth-order valence-electron chi connectivity index (χ4n) is 3.20. The van der Waals surface area contributed by atoms with Crippen molar-refractivity contribution in [3.05, 3.63) is 59.4 Å². The van der Waals surface area contributed by atoms with E-state index >= 15 is 0 Å². The zero-order valence-electron chi connectivity index (χ0n) is 15.7. The summed E-state index contributed by atoms with van der Waals surface area (Å²) in [7, 11) is -1.92. The van der Waals surface area contributed by atoms with Crippen LogP contribution < -0.4 is 4.74 Å². The predicted octanol–water partition coefficient (Wildman–Crippen LogP) is 2.69. The van der Waals surface area contributed by atoms with E-state index in [0.717, 1.165) is 18.7 Å². The van der Waals surface area contributed by atoms with Crippen LogP contribution in [0.25, 0.3) is 0 Å². The average Bonchev–Trinajstić information content (AvgIpc) is 2.69. The summed E-state index contributed by atoms with van der Waals surface area (Å²) < 4.78 is 45.6. The van der Waals surface area contributed by atoms with Gasteiger partial charge < -0.3 is 9.64 Å². The van der Waals surface area contributed by atoms with Crippen molar-refractivity contribution in [1.29, 1.82) is 0 Å². The van der Waals surface area contributed by atoms with Crippen LogP contribution in [0, 0.1) is 12.7 Å². The van der Waals surface area contributed by atoms with Gasteiger partial charge in [0, 0.05) is 32.7 Å². The first-order valence-electron chi connectivity index (χ1n) is 9.02. The van der Waals surface area contributed by atoms with E-state index in [4.69, 9.17) is 4.74 Å². The maximum atomic E-state index is 13.4. The Labute approximate surface area is 160 Å². The van der Waals surface area contributed by atoms with Crippen LogP contribution in [0.4, 0.5) is 4.39 Å². The molecule has 1 aliphatic heterocycles. The summed E-state index contributed by atoms with van der Waals surface area (Å²) in [5.41, 5.74) is 1.57. The zero-order valence-corrected chi connectivity index (χ0v) is 16.5. The van der Waals surface area contributed by atoms with Crippen LogP contribution in [0.1, 0.15) is 11.1 Å². The van der Waals surface area contributed by atoms with Crippen LogP contribution in [0.5, 0.6) is 5.75 Å². The van der Waals surface area contributed by atoms with Gasteiger partial charge in [-0.25, -0.2) is 12.8 Å². The third kappa shape index (κ3) is 4.66. The first-order valence-corrected chi connectivity index (χ1v) is 10.5. The molecule has 0 saturated carbocycles. The Balaban J connectivity index is 1.55. The number of aryl methyl sites for hydroxylation is 1. The molecule has 0 aromatic heterocycles. The number of hydrogen-bond donors (Lipinski definition) is 0. The highest BCUT2D eigenvalue weighted by Crippen LogP contribution is 2.20. The summed E-state index contributed by atoms with van der Waals surface area (Å²) in [6.45, 7) is 4.73. The van der Waals surface area contributed by atoms with Gasteiger partial charge in [-0.05, 0) is 54.8 Å². The van der Waals surface area contributed by atoms with E-state index in [1.165, 1.54) is 28.1 Å². The molecule has 7 heteroatoms. The summed E-state index contributed by atoms with van der Waals surface area (Å²) >= 11 is 0. The van der Waals surface area contributed by atoms with Crippen molar-refractivity contribution in [1.82, 2.24) is 9.21 Å². The number of halogens is 1. The van der Waals surface area contributed by atoms with Gasteiger partial charge in [0.2, 0.25) is 10.0 Å². The van der Waals surface area contributed by atoms with Gasteiger partial charge in [0.15, 0.2) is 0 Å². The lowest BCUT2D eigenvalue weighted by Crippen LogP contribution is -2.49. The Morgan fingerprint density at radius 3 is 2.30 bits per heavy atom.